The molecule has 0 saturated carbocycles. The first-order valence-electron chi connectivity index (χ1n) is 8.81. The molecule has 0 fully saturated rings. The molecule has 0 N–H and O–H groups in total. The summed E-state index contributed by atoms with van der Waals surface area (Å²) in [5.41, 5.74) is 3.04. The van der Waals surface area contributed by atoms with Gasteiger partial charge in [-0.2, -0.15) is 0 Å². The van der Waals surface area contributed by atoms with Crippen LogP contribution < -0.4 is 10.5 Å². The third kappa shape index (κ3) is 2.99. The predicted octanol–water partition coefficient (Wildman–Crippen LogP) is 2.82. The highest BCUT2D eigenvalue weighted by Gasteiger charge is 2.30. The van der Waals surface area contributed by atoms with Crippen LogP contribution in [-0.4, -0.2) is 27.8 Å². The number of para-hydroxylation sites is 1. The van der Waals surface area contributed by atoms with Crippen LogP contribution in [0.2, 0.25) is 0 Å². The van der Waals surface area contributed by atoms with E-state index in [2.05, 4.69) is 11.1 Å². The predicted molar refractivity (Wildman–Crippen MR) is 99.4 cm³/mol. The number of hydrogen-bond acceptors (Lipinski definition) is 4. The molecule has 0 spiro atoms. The lowest BCUT2D eigenvalue weighted by atomic mass is 10.0. The smallest absolute Gasteiger partial charge is 0.254 e. The molecule has 1 atom stereocenters. The number of benzene rings is 1. The van der Waals surface area contributed by atoms with Crippen LogP contribution in [-0.2, 0) is 17.6 Å². The van der Waals surface area contributed by atoms with E-state index in [9.17, 15) is 9.59 Å². The Kier molecular flexibility index (Phi) is 4.37. The lowest BCUT2D eigenvalue weighted by molar-refractivity contribution is -0.119. The molecular formula is C19H21N3O2S. The Morgan fingerprint density at radius 2 is 2.20 bits per heavy atom. The molecule has 2 aliphatic heterocycles. The zero-order valence-electron chi connectivity index (χ0n) is 14.3. The van der Waals surface area contributed by atoms with Crippen molar-refractivity contribution in [2.24, 2.45) is 0 Å². The van der Waals surface area contributed by atoms with E-state index in [1.54, 1.807) is 22.4 Å². The van der Waals surface area contributed by atoms with Gasteiger partial charge in [-0.3, -0.25) is 14.2 Å². The number of fused-ring (bicyclic) bond motifs is 2. The molecule has 0 aliphatic carbocycles. The molecule has 25 heavy (non-hydrogen) atoms. The Hall–Kier alpha value is -2.08. The Bertz CT molecular complexity index is 877. The van der Waals surface area contributed by atoms with Crippen molar-refractivity contribution in [3.8, 4) is 0 Å². The fourth-order valence-corrected chi connectivity index (χ4v) is 4.80. The molecule has 5 nitrogen and oxygen atoms in total. The normalized spacial score (nSPS) is 18.8. The van der Waals surface area contributed by atoms with Gasteiger partial charge in [0.15, 0.2) is 5.16 Å². The first kappa shape index (κ1) is 16.4. The Labute approximate surface area is 151 Å². The molecule has 1 unspecified atom stereocenters. The number of carbonyl (C=O) groups is 1. The summed E-state index contributed by atoms with van der Waals surface area (Å²) < 4.78 is 1.71. The molecule has 2 aliphatic rings. The summed E-state index contributed by atoms with van der Waals surface area (Å²) >= 11 is 1.58. The van der Waals surface area contributed by atoms with Crippen LogP contribution in [0.5, 0.6) is 0 Å². The number of aryl methyl sites for hydroxylation is 2. The average molecular weight is 355 g/mol. The quantitative estimate of drug-likeness (QED) is 0.795. The van der Waals surface area contributed by atoms with Crippen LogP contribution in [0.4, 0.5) is 5.69 Å². The lowest BCUT2D eigenvalue weighted by Gasteiger charge is -2.30. The number of rotatable bonds is 3. The summed E-state index contributed by atoms with van der Waals surface area (Å²) in [6, 6.07) is 9.61. The van der Waals surface area contributed by atoms with Crippen molar-refractivity contribution in [3.63, 3.8) is 0 Å². The zero-order chi connectivity index (χ0) is 17.4. The molecule has 1 amide bonds. The standard InChI is InChI=1S/C19H21N3O2S/c1-2-14-10-18(24)22-15(12-25-19(22)20-14)11-17(23)21-9-5-7-13-6-3-4-8-16(13)21/h3-4,6,8,10,15H,2,5,7,9,11-12H2,1H3. The number of aromatic nitrogens is 2. The highest BCUT2D eigenvalue weighted by atomic mass is 32.2. The zero-order valence-corrected chi connectivity index (χ0v) is 15.1. The molecule has 4 rings (SSSR count). The maximum absolute atomic E-state index is 12.9. The minimum absolute atomic E-state index is 0.0382. The number of thioether (sulfide) groups is 1. The van der Waals surface area contributed by atoms with Gasteiger partial charge >= 0.3 is 0 Å². The average Bonchev–Trinajstić information content (AvgIpc) is 3.04. The lowest BCUT2D eigenvalue weighted by Crippen LogP contribution is -2.37. The number of amides is 1. The van der Waals surface area contributed by atoms with Crippen LogP contribution in [0.25, 0.3) is 0 Å². The van der Waals surface area contributed by atoms with E-state index in [-0.39, 0.29) is 17.5 Å². The number of carbonyl (C=O) groups excluding carboxylic acids is 1. The van der Waals surface area contributed by atoms with Crippen LogP contribution in [0.15, 0.2) is 40.3 Å². The Morgan fingerprint density at radius 1 is 1.36 bits per heavy atom. The molecule has 1 aromatic carbocycles. The Morgan fingerprint density at radius 3 is 3.04 bits per heavy atom. The van der Waals surface area contributed by atoms with Crippen LogP contribution >= 0.6 is 11.8 Å². The van der Waals surface area contributed by atoms with Crippen molar-refractivity contribution in [1.82, 2.24) is 9.55 Å². The third-order valence-corrected chi connectivity index (χ3v) is 6.02. The fourth-order valence-electron chi connectivity index (χ4n) is 3.63. The van der Waals surface area contributed by atoms with Gasteiger partial charge in [0.25, 0.3) is 5.56 Å². The fraction of sp³-hybridized carbons (Fsp3) is 0.421. The maximum atomic E-state index is 12.9. The van der Waals surface area contributed by atoms with E-state index in [4.69, 9.17) is 0 Å². The van der Waals surface area contributed by atoms with Gasteiger partial charge in [-0.1, -0.05) is 36.9 Å². The molecule has 0 bridgehead atoms. The highest BCUT2D eigenvalue weighted by molar-refractivity contribution is 7.99. The van der Waals surface area contributed by atoms with Gasteiger partial charge in [0.2, 0.25) is 5.91 Å². The van der Waals surface area contributed by atoms with Gasteiger partial charge in [-0.25, -0.2) is 4.98 Å². The summed E-state index contributed by atoms with van der Waals surface area (Å²) in [7, 11) is 0. The SMILES string of the molecule is CCc1cc(=O)n2c(n1)SCC2CC(=O)N1CCCc2ccccc21. The number of hydrogen-bond donors (Lipinski definition) is 0. The van der Waals surface area contributed by atoms with Gasteiger partial charge in [0, 0.05) is 36.2 Å². The second-order valence-electron chi connectivity index (χ2n) is 6.54. The van der Waals surface area contributed by atoms with Crippen LogP contribution in [0.3, 0.4) is 0 Å². The molecule has 0 radical (unpaired) electrons. The van der Waals surface area contributed by atoms with E-state index < -0.39 is 0 Å². The maximum Gasteiger partial charge on any atom is 0.254 e. The van der Waals surface area contributed by atoms with E-state index in [1.165, 1.54) is 5.56 Å². The molecule has 6 heteroatoms. The van der Waals surface area contributed by atoms with Crippen molar-refractivity contribution in [2.45, 2.75) is 43.8 Å². The topological polar surface area (TPSA) is 55.2 Å². The van der Waals surface area contributed by atoms with Gasteiger partial charge in [0.1, 0.15) is 0 Å². The first-order chi connectivity index (χ1) is 12.2. The van der Waals surface area contributed by atoms with Crippen molar-refractivity contribution in [3.05, 3.63) is 51.9 Å². The summed E-state index contributed by atoms with van der Waals surface area (Å²) in [4.78, 5) is 31.8. The van der Waals surface area contributed by atoms with E-state index >= 15 is 0 Å². The van der Waals surface area contributed by atoms with E-state index in [1.807, 2.05) is 30.0 Å². The summed E-state index contributed by atoms with van der Waals surface area (Å²) in [5, 5.41) is 0.751. The largest absolute Gasteiger partial charge is 0.312 e. The highest BCUT2D eigenvalue weighted by Crippen LogP contribution is 2.34. The number of nitrogens with zero attached hydrogens (tertiary/aromatic N) is 3. The van der Waals surface area contributed by atoms with Crippen LogP contribution in [0, 0.1) is 0 Å². The molecular weight excluding hydrogens is 334 g/mol. The second-order valence-corrected chi connectivity index (χ2v) is 7.53. The second kappa shape index (κ2) is 6.67. The molecule has 2 aromatic rings. The monoisotopic (exact) mass is 355 g/mol. The van der Waals surface area contributed by atoms with Gasteiger partial charge in [-0.15, -0.1) is 0 Å². The molecule has 0 saturated heterocycles. The van der Waals surface area contributed by atoms with Gasteiger partial charge in [0.05, 0.1) is 6.04 Å². The minimum atomic E-state index is -0.104. The van der Waals surface area contributed by atoms with Crippen molar-refractivity contribution >= 4 is 23.4 Å². The third-order valence-electron chi connectivity index (χ3n) is 4.93. The molecule has 1 aromatic heterocycles. The first-order valence-corrected chi connectivity index (χ1v) is 9.79. The van der Waals surface area contributed by atoms with Crippen molar-refractivity contribution < 1.29 is 4.79 Å². The van der Waals surface area contributed by atoms with Crippen molar-refractivity contribution in [1.29, 1.82) is 0 Å². The van der Waals surface area contributed by atoms with E-state index in [0.717, 1.165) is 48.1 Å². The van der Waals surface area contributed by atoms with Crippen molar-refractivity contribution in [2.75, 3.05) is 17.2 Å². The Balaban J connectivity index is 1.58. The summed E-state index contributed by atoms with van der Waals surface area (Å²) in [6.07, 6.45) is 3.10. The summed E-state index contributed by atoms with van der Waals surface area (Å²) in [5.74, 6) is 0.827. The number of anilines is 1. The van der Waals surface area contributed by atoms with Gasteiger partial charge in [-0.05, 0) is 30.9 Å². The minimum Gasteiger partial charge on any atom is -0.312 e. The molecule has 130 valence electrons. The van der Waals surface area contributed by atoms with Gasteiger partial charge < -0.3 is 4.90 Å². The van der Waals surface area contributed by atoms with E-state index in [0.29, 0.717) is 6.42 Å². The summed E-state index contributed by atoms with van der Waals surface area (Å²) in [6.45, 7) is 2.75. The van der Waals surface area contributed by atoms with Crippen LogP contribution in [0.1, 0.15) is 37.1 Å². The molecule has 3 heterocycles.